The van der Waals surface area contributed by atoms with Crippen LogP contribution in [0.25, 0.3) is 0 Å². The Kier molecular flexibility index (Phi) is 4.19. The van der Waals surface area contributed by atoms with Crippen LogP contribution in [0.15, 0.2) is 24.3 Å². The highest BCUT2D eigenvalue weighted by molar-refractivity contribution is 5.98. The van der Waals surface area contributed by atoms with Gasteiger partial charge in [-0.25, -0.2) is 0 Å². The van der Waals surface area contributed by atoms with E-state index in [-0.39, 0.29) is 0 Å². The third-order valence-electron chi connectivity index (χ3n) is 2.37. The highest BCUT2D eigenvalue weighted by Gasteiger charge is 2.09. The van der Waals surface area contributed by atoms with Crippen LogP contribution < -0.4 is 0 Å². The van der Waals surface area contributed by atoms with Crippen molar-refractivity contribution < 1.29 is 4.43 Å². The van der Waals surface area contributed by atoms with Crippen molar-refractivity contribution in [3.05, 3.63) is 35.4 Å². The van der Waals surface area contributed by atoms with Crippen molar-refractivity contribution in [1.29, 1.82) is 0 Å². The molecule has 0 saturated heterocycles. The molecule has 1 atom stereocenters. The van der Waals surface area contributed by atoms with Gasteiger partial charge < -0.3 is 4.43 Å². The van der Waals surface area contributed by atoms with Gasteiger partial charge in [0.05, 0.1) is 6.10 Å². The second-order valence-electron chi connectivity index (χ2n) is 3.37. The number of rotatable bonds is 4. The summed E-state index contributed by atoms with van der Waals surface area (Å²) in [6, 6.07) is 8.49. The van der Waals surface area contributed by atoms with E-state index in [4.69, 9.17) is 4.43 Å². The largest absolute Gasteiger partial charge is 0.421 e. The minimum absolute atomic E-state index is 0.331. The maximum Gasteiger partial charge on any atom is 0.146 e. The summed E-state index contributed by atoms with van der Waals surface area (Å²) in [7, 11) is 0.819. The molecule has 0 amide bonds. The van der Waals surface area contributed by atoms with Crippen LogP contribution in [0.3, 0.4) is 0 Å². The van der Waals surface area contributed by atoms with Crippen LogP contribution in [-0.4, -0.2) is 10.5 Å². The first-order valence-electron chi connectivity index (χ1n) is 4.88. The Morgan fingerprint density at radius 1 is 1.38 bits per heavy atom. The summed E-state index contributed by atoms with van der Waals surface area (Å²) in [4.78, 5) is 0. The molecule has 0 bridgehead atoms. The van der Waals surface area contributed by atoms with Crippen LogP contribution in [0.1, 0.15) is 37.0 Å². The maximum atomic E-state index is 5.60. The molecule has 0 aliphatic rings. The first-order valence-corrected chi connectivity index (χ1v) is 5.69. The maximum absolute atomic E-state index is 5.60. The van der Waals surface area contributed by atoms with Crippen molar-refractivity contribution in [1.82, 2.24) is 0 Å². The molecule has 13 heavy (non-hydrogen) atoms. The van der Waals surface area contributed by atoms with Crippen LogP contribution in [-0.2, 0) is 4.43 Å². The number of hydrogen-bond donors (Lipinski definition) is 0. The fourth-order valence-corrected chi connectivity index (χ4v) is 2.10. The van der Waals surface area contributed by atoms with Crippen molar-refractivity contribution >= 4 is 10.5 Å². The highest BCUT2D eigenvalue weighted by Crippen LogP contribution is 2.24. The zero-order valence-electron chi connectivity index (χ0n) is 8.71. The van der Waals surface area contributed by atoms with Crippen molar-refractivity contribution in [3.63, 3.8) is 0 Å². The number of aryl methyl sites for hydroxylation is 1. The smallest absolute Gasteiger partial charge is 0.146 e. The molecule has 0 saturated carbocycles. The minimum Gasteiger partial charge on any atom is -0.421 e. The predicted molar refractivity (Wildman–Crippen MR) is 59.9 cm³/mol. The second kappa shape index (κ2) is 5.20. The summed E-state index contributed by atoms with van der Waals surface area (Å²) in [6.07, 6.45) is 2.65. The lowest BCUT2D eigenvalue weighted by atomic mass is 10.0. The Bertz CT molecular complexity index is 260. The molecule has 0 radical (unpaired) electrons. The Morgan fingerprint density at radius 3 is 2.62 bits per heavy atom. The SMILES string of the molecule is CCCC(O[SiH3])c1ccccc1C. The molecule has 0 fully saturated rings. The van der Waals surface area contributed by atoms with Crippen LogP contribution in [0.4, 0.5) is 0 Å². The van der Waals surface area contributed by atoms with E-state index in [1.54, 1.807) is 0 Å². The molecule has 1 unspecified atom stereocenters. The molecule has 0 spiro atoms. The van der Waals surface area contributed by atoms with Gasteiger partial charge in [-0.3, -0.25) is 0 Å². The fourth-order valence-electron chi connectivity index (χ4n) is 1.61. The van der Waals surface area contributed by atoms with Gasteiger partial charge in [0.2, 0.25) is 0 Å². The molecule has 1 rings (SSSR count). The van der Waals surface area contributed by atoms with Crippen LogP contribution in [0.2, 0.25) is 0 Å². The average molecular weight is 194 g/mol. The molecular weight excluding hydrogens is 176 g/mol. The number of hydrogen-bond acceptors (Lipinski definition) is 1. The number of benzene rings is 1. The Hall–Kier alpha value is -0.603. The van der Waals surface area contributed by atoms with Gasteiger partial charge >= 0.3 is 0 Å². The molecule has 0 heterocycles. The lowest BCUT2D eigenvalue weighted by Crippen LogP contribution is -2.03. The molecule has 0 aliphatic carbocycles. The third-order valence-corrected chi connectivity index (χ3v) is 2.94. The van der Waals surface area contributed by atoms with Gasteiger partial charge in [-0.05, 0) is 24.5 Å². The summed E-state index contributed by atoms with van der Waals surface area (Å²) in [5.74, 6) is 0. The molecule has 0 aliphatic heterocycles. The summed E-state index contributed by atoms with van der Waals surface area (Å²) in [5, 5.41) is 0. The summed E-state index contributed by atoms with van der Waals surface area (Å²) < 4.78 is 5.60. The Balaban J connectivity index is 2.84. The van der Waals surface area contributed by atoms with Gasteiger partial charge in [-0.1, -0.05) is 37.6 Å². The lowest BCUT2D eigenvalue weighted by molar-refractivity contribution is 0.213. The van der Waals surface area contributed by atoms with Crippen molar-refractivity contribution in [2.75, 3.05) is 0 Å². The zero-order chi connectivity index (χ0) is 9.68. The van der Waals surface area contributed by atoms with Gasteiger partial charge in [0.1, 0.15) is 10.5 Å². The van der Waals surface area contributed by atoms with Gasteiger partial charge in [0.15, 0.2) is 0 Å². The van der Waals surface area contributed by atoms with Crippen LogP contribution in [0.5, 0.6) is 0 Å². The summed E-state index contributed by atoms with van der Waals surface area (Å²) in [5.41, 5.74) is 2.70. The highest BCUT2D eigenvalue weighted by atomic mass is 28.2. The molecule has 0 aromatic heterocycles. The first-order chi connectivity index (χ1) is 6.29. The van der Waals surface area contributed by atoms with E-state index in [1.165, 1.54) is 17.5 Å². The summed E-state index contributed by atoms with van der Waals surface area (Å²) in [6.45, 7) is 4.35. The molecule has 1 nitrogen and oxygen atoms in total. The van der Waals surface area contributed by atoms with E-state index >= 15 is 0 Å². The standard InChI is InChI=1S/C11H18OSi/c1-3-6-11(12-13)10-8-5-4-7-9(10)2/h4-5,7-8,11H,3,6H2,1-2,13H3. The molecular formula is C11H18OSi. The zero-order valence-corrected chi connectivity index (χ0v) is 10.7. The van der Waals surface area contributed by atoms with E-state index in [0.29, 0.717) is 6.10 Å². The van der Waals surface area contributed by atoms with Crippen molar-refractivity contribution in [2.24, 2.45) is 0 Å². The quantitative estimate of drug-likeness (QED) is 0.667. The Morgan fingerprint density at radius 2 is 2.08 bits per heavy atom. The molecule has 1 aromatic carbocycles. The second-order valence-corrected chi connectivity index (χ2v) is 3.84. The summed E-state index contributed by atoms with van der Waals surface area (Å²) >= 11 is 0. The fraction of sp³-hybridized carbons (Fsp3) is 0.455. The van der Waals surface area contributed by atoms with E-state index in [1.807, 2.05) is 0 Å². The van der Waals surface area contributed by atoms with E-state index in [0.717, 1.165) is 16.9 Å². The predicted octanol–water partition coefficient (Wildman–Crippen LogP) is 2.13. The molecule has 1 aromatic rings. The van der Waals surface area contributed by atoms with Crippen LogP contribution >= 0.6 is 0 Å². The van der Waals surface area contributed by atoms with E-state index in [2.05, 4.69) is 38.1 Å². The van der Waals surface area contributed by atoms with Crippen molar-refractivity contribution in [2.45, 2.75) is 32.8 Å². The van der Waals surface area contributed by atoms with Gasteiger partial charge in [-0.2, -0.15) is 0 Å². The molecule has 2 heteroatoms. The van der Waals surface area contributed by atoms with E-state index < -0.39 is 0 Å². The van der Waals surface area contributed by atoms with Gasteiger partial charge in [0.25, 0.3) is 0 Å². The third kappa shape index (κ3) is 2.67. The topological polar surface area (TPSA) is 9.23 Å². The average Bonchev–Trinajstić information content (AvgIpc) is 2.16. The Labute approximate surface area is 83.7 Å². The lowest BCUT2D eigenvalue weighted by Gasteiger charge is -2.17. The molecule has 0 N–H and O–H groups in total. The normalized spacial score (nSPS) is 13.1. The van der Waals surface area contributed by atoms with Gasteiger partial charge in [-0.15, -0.1) is 0 Å². The van der Waals surface area contributed by atoms with Gasteiger partial charge in [0, 0.05) is 0 Å². The monoisotopic (exact) mass is 194 g/mol. The molecule has 72 valence electrons. The first kappa shape index (κ1) is 10.5. The van der Waals surface area contributed by atoms with Crippen molar-refractivity contribution in [3.8, 4) is 0 Å². The minimum atomic E-state index is 0.331. The van der Waals surface area contributed by atoms with E-state index in [9.17, 15) is 0 Å². The van der Waals surface area contributed by atoms with Crippen LogP contribution in [0, 0.1) is 6.92 Å².